The van der Waals surface area contributed by atoms with Crippen LogP contribution in [0.4, 0.5) is 4.39 Å². The second kappa shape index (κ2) is 11.5. The summed E-state index contributed by atoms with van der Waals surface area (Å²) >= 11 is 0. The van der Waals surface area contributed by atoms with Crippen molar-refractivity contribution in [3.05, 3.63) is 35.9 Å². The van der Waals surface area contributed by atoms with Crippen LogP contribution in [0.3, 0.4) is 0 Å². The number of benzene rings is 1. The number of amides is 1. The average molecular weight is 478 g/mol. The summed E-state index contributed by atoms with van der Waals surface area (Å²) in [6.07, 6.45) is 6.77. The molecule has 1 saturated heterocycles. The van der Waals surface area contributed by atoms with Crippen LogP contribution in [-0.4, -0.2) is 50.4 Å². The number of aromatic nitrogens is 2. The highest BCUT2D eigenvalue weighted by atomic mass is 32.2. The first-order chi connectivity index (χ1) is 15.7. The van der Waals surface area contributed by atoms with Crippen LogP contribution in [-0.2, 0) is 15.6 Å². The van der Waals surface area contributed by atoms with Gasteiger partial charge in [-0.05, 0) is 37.5 Å². The molecule has 0 saturated carbocycles. The number of halogens is 1. The molecular weight excluding hydrogens is 445 g/mol. The third-order valence-corrected chi connectivity index (χ3v) is 6.60. The number of rotatable bonds is 9. The van der Waals surface area contributed by atoms with Crippen LogP contribution in [0.15, 0.2) is 29.4 Å². The molecule has 1 aliphatic rings. The zero-order valence-electron chi connectivity index (χ0n) is 19.7. The lowest BCUT2D eigenvalue weighted by Gasteiger charge is -2.32. The molecule has 2 aromatic rings. The Bertz CT molecular complexity index is 994. The standard InChI is InChI=1S/C24H32FN3O4S/c1-16(2)6-5-7-22(29)28-12-10-18(11-13-28)31-23-17(3)24(27-15-26-23)32-21-9-8-19(33(4)30)14-20(21)25/h8-9,14-16,18H,5-7,10-13H2,1-4H3. The summed E-state index contributed by atoms with van der Waals surface area (Å²) < 4.78 is 37.6. The van der Waals surface area contributed by atoms with Crippen LogP contribution < -0.4 is 9.47 Å². The van der Waals surface area contributed by atoms with Gasteiger partial charge in [-0.3, -0.25) is 9.00 Å². The van der Waals surface area contributed by atoms with E-state index in [0.29, 0.717) is 41.8 Å². The quantitative estimate of drug-likeness (QED) is 0.523. The maximum absolute atomic E-state index is 14.4. The van der Waals surface area contributed by atoms with Crippen LogP contribution in [0, 0.1) is 18.7 Å². The van der Waals surface area contributed by atoms with Gasteiger partial charge in [0.25, 0.3) is 0 Å². The molecule has 1 amide bonds. The van der Waals surface area contributed by atoms with Gasteiger partial charge in [-0.1, -0.05) is 20.3 Å². The highest BCUT2D eigenvalue weighted by Gasteiger charge is 2.25. The Kier molecular flexibility index (Phi) is 8.77. The zero-order chi connectivity index (χ0) is 24.0. The van der Waals surface area contributed by atoms with E-state index in [4.69, 9.17) is 9.47 Å². The van der Waals surface area contributed by atoms with Gasteiger partial charge in [-0.25, -0.2) is 14.4 Å². The van der Waals surface area contributed by atoms with Gasteiger partial charge >= 0.3 is 0 Å². The van der Waals surface area contributed by atoms with Crippen molar-refractivity contribution in [2.75, 3.05) is 19.3 Å². The predicted molar refractivity (Wildman–Crippen MR) is 124 cm³/mol. The van der Waals surface area contributed by atoms with E-state index < -0.39 is 16.6 Å². The summed E-state index contributed by atoms with van der Waals surface area (Å²) in [5, 5.41) is 0. The van der Waals surface area contributed by atoms with Crippen molar-refractivity contribution in [1.29, 1.82) is 0 Å². The highest BCUT2D eigenvalue weighted by Crippen LogP contribution is 2.31. The Morgan fingerprint density at radius 2 is 1.94 bits per heavy atom. The van der Waals surface area contributed by atoms with Gasteiger partial charge in [-0.15, -0.1) is 0 Å². The molecule has 9 heteroatoms. The maximum Gasteiger partial charge on any atom is 0.229 e. The van der Waals surface area contributed by atoms with Gasteiger partial charge in [0.05, 0.1) is 5.56 Å². The molecule has 180 valence electrons. The highest BCUT2D eigenvalue weighted by molar-refractivity contribution is 7.84. The van der Waals surface area contributed by atoms with E-state index in [9.17, 15) is 13.4 Å². The lowest BCUT2D eigenvalue weighted by molar-refractivity contribution is -0.133. The molecule has 1 aromatic heterocycles. The fraction of sp³-hybridized carbons (Fsp3) is 0.542. The third kappa shape index (κ3) is 6.96. The summed E-state index contributed by atoms with van der Waals surface area (Å²) in [4.78, 5) is 23.0. The first-order valence-corrected chi connectivity index (χ1v) is 12.9. The van der Waals surface area contributed by atoms with Crippen molar-refractivity contribution in [2.45, 2.75) is 63.9 Å². The molecule has 1 fully saturated rings. The van der Waals surface area contributed by atoms with Crippen molar-refractivity contribution >= 4 is 16.7 Å². The van der Waals surface area contributed by atoms with E-state index in [1.54, 1.807) is 13.0 Å². The second-order valence-corrected chi connectivity index (χ2v) is 10.1. The number of piperidine rings is 1. The predicted octanol–water partition coefficient (Wildman–Crippen LogP) is 4.65. The summed E-state index contributed by atoms with van der Waals surface area (Å²) in [6.45, 7) is 7.41. The fourth-order valence-corrected chi connectivity index (χ4v) is 4.22. The largest absolute Gasteiger partial charge is 0.474 e. The summed E-state index contributed by atoms with van der Waals surface area (Å²) in [7, 11) is -1.28. The van der Waals surface area contributed by atoms with Gasteiger partial charge in [0.15, 0.2) is 11.6 Å². The number of ether oxygens (including phenoxy) is 2. The Morgan fingerprint density at radius 1 is 1.24 bits per heavy atom. The first kappa shape index (κ1) is 25.1. The molecule has 1 aromatic carbocycles. The van der Waals surface area contributed by atoms with Gasteiger partial charge in [0, 0.05) is 54.3 Å². The van der Waals surface area contributed by atoms with Gasteiger partial charge in [-0.2, -0.15) is 0 Å². The Hall–Kier alpha value is -2.55. The summed E-state index contributed by atoms with van der Waals surface area (Å²) in [5.74, 6) is 0.771. The minimum absolute atomic E-state index is 0.0127. The Labute approximate surface area is 197 Å². The summed E-state index contributed by atoms with van der Waals surface area (Å²) in [5.41, 5.74) is 0.562. The van der Waals surface area contributed by atoms with Gasteiger partial charge in [0.2, 0.25) is 17.7 Å². The minimum atomic E-state index is -1.28. The number of hydrogen-bond donors (Lipinski definition) is 0. The number of likely N-dealkylation sites (tertiary alicyclic amines) is 1. The van der Waals surface area contributed by atoms with Gasteiger partial charge in [0.1, 0.15) is 12.4 Å². The van der Waals surface area contributed by atoms with Crippen molar-refractivity contribution in [2.24, 2.45) is 5.92 Å². The molecule has 3 rings (SSSR count). The Balaban J connectivity index is 1.57. The molecule has 0 aliphatic carbocycles. The van der Waals surface area contributed by atoms with E-state index in [-0.39, 0.29) is 23.6 Å². The van der Waals surface area contributed by atoms with E-state index in [1.165, 1.54) is 24.7 Å². The smallest absolute Gasteiger partial charge is 0.229 e. The molecule has 2 heterocycles. The lowest BCUT2D eigenvalue weighted by Crippen LogP contribution is -2.41. The molecule has 0 spiro atoms. The first-order valence-electron chi connectivity index (χ1n) is 11.3. The molecule has 33 heavy (non-hydrogen) atoms. The van der Waals surface area contributed by atoms with E-state index >= 15 is 0 Å². The molecule has 1 atom stereocenters. The van der Waals surface area contributed by atoms with Crippen molar-refractivity contribution in [1.82, 2.24) is 14.9 Å². The van der Waals surface area contributed by atoms with Gasteiger partial charge < -0.3 is 14.4 Å². The van der Waals surface area contributed by atoms with Crippen molar-refractivity contribution < 1.29 is 22.9 Å². The van der Waals surface area contributed by atoms with Crippen LogP contribution >= 0.6 is 0 Å². The minimum Gasteiger partial charge on any atom is -0.474 e. The molecular formula is C24H32FN3O4S. The number of hydrogen-bond acceptors (Lipinski definition) is 6. The zero-order valence-corrected chi connectivity index (χ0v) is 20.5. The molecule has 0 N–H and O–H groups in total. The number of nitrogens with zero attached hydrogens (tertiary/aromatic N) is 3. The Morgan fingerprint density at radius 3 is 2.58 bits per heavy atom. The monoisotopic (exact) mass is 477 g/mol. The molecule has 1 aliphatic heterocycles. The van der Waals surface area contributed by atoms with Crippen molar-refractivity contribution in [3.63, 3.8) is 0 Å². The SMILES string of the molecule is Cc1c(Oc2ccc(S(C)=O)cc2F)ncnc1OC1CCN(C(=O)CCCC(C)C)CC1. The third-order valence-electron chi connectivity index (χ3n) is 5.68. The van der Waals surface area contributed by atoms with E-state index in [0.717, 1.165) is 25.7 Å². The summed E-state index contributed by atoms with van der Waals surface area (Å²) in [6, 6.07) is 4.18. The average Bonchev–Trinajstić information content (AvgIpc) is 2.77. The molecule has 0 bridgehead atoms. The van der Waals surface area contributed by atoms with Crippen LogP contribution in [0.2, 0.25) is 0 Å². The topological polar surface area (TPSA) is 81.6 Å². The molecule has 0 radical (unpaired) electrons. The fourth-order valence-electron chi connectivity index (χ4n) is 3.69. The lowest BCUT2D eigenvalue weighted by atomic mass is 10.0. The molecule has 1 unspecified atom stereocenters. The van der Waals surface area contributed by atoms with Crippen LogP contribution in [0.1, 0.15) is 51.5 Å². The number of carbonyl (C=O) groups excluding carboxylic acids is 1. The van der Waals surface area contributed by atoms with E-state index in [1.807, 2.05) is 4.90 Å². The normalized spacial score (nSPS) is 15.5. The van der Waals surface area contributed by atoms with Crippen LogP contribution in [0.5, 0.6) is 17.5 Å². The maximum atomic E-state index is 14.4. The van der Waals surface area contributed by atoms with Crippen LogP contribution in [0.25, 0.3) is 0 Å². The van der Waals surface area contributed by atoms with Crippen molar-refractivity contribution in [3.8, 4) is 17.5 Å². The van der Waals surface area contributed by atoms with E-state index in [2.05, 4.69) is 23.8 Å². The second-order valence-electron chi connectivity index (χ2n) is 8.74. The molecule has 7 nitrogen and oxygen atoms in total. The number of carbonyl (C=O) groups is 1.